The third-order valence-corrected chi connectivity index (χ3v) is 12.5. The number of benzene rings is 4. The Balaban J connectivity index is 1.21. The average Bonchev–Trinajstić information content (AvgIpc) is 3.61. The third-order valence-electron chi connectivity index (χ3n) is 11.9. The highest BCUT2D eigenvalue weighted by molar-refractivity contribution is 7.80. The molecule has 0 radical (unpaired) electrons. The molecule has 2 saturated carbocycles. The third kappa shape index (κ3) is 4.22. The van der Waals surface area contributed by atoms with E-state index in [0.717, 1.165) is 25.9 Å². The van der Waals surface area contributed by atoms with Gasteiger partial charge in [0.2, 0.25) is 11.8 Å². The van der Waals surface area contributed by atoms with Crippen LogP contribution in [0.2, 0.25) is 0 Å². The molecule has 3 fully saturated rings. The van der Waals surface area contributed by atoms with Crippen molar-refractivity contribution >= 4 is 84.6 Å². The number of nitrogens with zero attached hydrogens (tertiary/aromatic N) is 4. The molecule has 3 heterocycles. The van der Waals surface area contributed by atoms with Crippen LogP contribution in [0.1, 0.15) is 26.7 Å². The number of aryl methyl sites for hydroxylation is 2. The monoisotopic (exact) mass is 676 g/mol. The molecule has 250 valence electrons. The maximum atomic E-state index is 14.1. The summed E-state index contributed by atoms with van der Waals surface area (Å²) in [6.07, 6.45) is 10.7. The molecular weight excluding hydrogens is 637 g/mol. The topological polar surface area (TPSA) is 50.5 Å². The second-order valence-electron chi connectivity index (χ2n) is 14.1. The lowest BCUT2D eigenvalue weighted by atomic mass is 9.48. The minimum atomic E-state index is -0.440. The summed E-state index contributed by atoms with van der Waals surface area (Å²) in [5.74, 6) is -1.12. The second kappa shape index (κ2) is 11.5. The van der Waals surface area contributed by atoms with Crippen LogP contribution in [0.4, 0.5) is 0 Å². The fourth-order valence-electron chi connectivity index (χ4n) is 9.64. The molecular formula is C43H40N4O2S. The molecule has 1 aliphatic heterocycles. The molecule has 4 aromatic carbocycles. The van der Waals surface area contributed by atoms with Gasteiger partial charge >= 0.3 is 0 Å². The number of carbonyl (C=O) groups excluding carboxylic acids is 2. The summed E-state index contributed by atoms with van der Waals surface area (Å²) in [5, 5.41) is 10.2. The smallest absolute Gasteiger partial charge is 0.233 e. The Morgan fingerprint density at radius 3 is 1.40 bits per heavy atom. The first-order valence-corrected chi connectivity index (χ1v) is 18.2. The molecule has 0 bridgehead atoms. The molecule has 7 heteroatoms. The Kier molecular flexibility index (Phi) is 7.15. The molecule has 1 saturated heterocycles. The molecule has 3 aliphatic rings. The SMILES string of the molecule is CCn1/c(=C\C=C2\CC/C(=C/C=c3/c4cccc5cccc(c54)n3CC)C3C4C(=O)N(C)C(=S)N(C)C(=O)C4C23)c2cccc3cccc1c32. The highest BCUT2D eigenvalue weighted by Gasteiger charge is 2.63. The summed E-state index contributed by atoms with van der Waals surface area (Å²) < 4.78 is 4.77. The summed E-state index contributed by atoms with van der Waals surface area (Å²) in [5.41, 5.74) is 4.96. The molecule has 2 amide bonds. The first kappa shape index (κ1) is 31.0. The van der Waals surface area contributed by atoms with Crippen LogP contribution in [-0.4, -0.2) is 50.0 Å². The van der Waals surface area contributed by atoms with Crippen molar-refractivity contribution in [1.29, 1.82) is 0 Å². The summed E-state index contributed by atoms with van der Waals surface area (Å²) >= 11 is 5.63. The Labute approximate surface area is 296 Å². The summed E-state index contributed by atoms with van der Waals surface area (Å²) in [6.45, 7) is 6.10. The van der Waals surface area contributed by atoms with Gasteiger partial charge in [0.15, 0.2) is 5.11 Å². The van der Waals surface area contributed by atoms with Crippen molar-refractivity contribution < 1.29 is 9.59 Å². The molecule has 6 aromatic rings. The van der Waals surface area contributed by atoms with Gasteiger partial charge in [0, 0.05) is 70.5 Å². The van der Waals surface area contributed by atoms with E-state index in [4.69, 9.17) is 12.2 Å². The number of amides is 2. The number of carbonyl (C=O) groups is 2. The minimum Gasteiger partial charge on any atom is -0.341 e. The van der Waals surface area contributed by atoms with E-state index >= 15 is 0 Å². The van der Waals surface area contributed by atoms with Crippen molar-refractivity contribution in [2.24, 2.45) is 23.7 Å². The Morgan fingerprint density at radius 2 is 1.00 bits per heavy atom. The zero-order chi connectivity index (χ0) is 34.4. The zero-order valence-electron chi connectivity index (χ0n) is 28.9. The second-order valence-corrected chi connectivity index (χ2v) is 14.5. The Morgan fingerprint density at radius 1 is 0.600 bits per heavy atom. The molecule has 4 unspecified atom stereocenters. The van der Waals surface area contributed by atoms with E-state index < -0.39 is 11.8 Å². The lowest BCUT2D eigenvalue weighted by Gasteiger charge is -2.54. The average molecular weight is 677 g/mol. The van der Waals surface area contributed by atoms with Crippen molar-refractivity contribution in [3.63, 3.8) is 0 Å². The fourth-order valence-corrected chi connectivity index (χ4v) is 9.82. The van der Waals surface area contributed by atoms with Gasteiger partial charge in [-0.1, -0.05) is 84.0 Å². The van der Waals surface area contributed by atoms with Crippen molar-refractivity contribution in [2.45, 2.75) is 39.8 Å². The lowest BCUT2D eigenvalue weighted by Crippen LogP contribution is -2.58. The van der Waals surface area contributed by atoms with Gasteiger partial charge in [-0.2, -0.15) is 0 Å². The number of fused-ring (bicyclic) bond motifs is 4. The summed E-state index contributed by atoms with van der Waals surface area (Å²) in [4.78, 5) is 31.2. The molecule has 2 aliphatic carbocycles. The number of thiocarbonyl (C=S) groups is 1. The Hall–Kier alpha value is -5.01. The van der Waals surface area contributed by atoms with E-state index in [1.165, 1.54) is 75.0 Å². The van der Waals surface area contributed by atoms with E-state index in [0.29, 0.717) is 0 Å². The van der Waals surface area contributed by atoms with Gasteiger partial charge in [-0.15, -0.1) is 0 Å². The predicted octanol–water partition coefficient (Wildman–Crippen LogP) is 6.98. The van der Waals surface area contributed by atoms with E-state index in [2.05, 4.69) is 120 Å². The maximum Gasteiger partial charge on any atom is 0.233 e. The van der Waals surface area contributed by atoms with Gasteiger partial charge in [-0.3, -0.25) is 19.4 Å². The minimum absolute atomic E-state index is 0.0552. The van der Waals surface area contributed by atoms with Crippen molar-refractivity contribution in [3.8, 4) is 0 Å². The molecule has 9 rings (SSSR count). The van der Waals surface area contributed by atoms with E-state index in [1.807, 2.05) is 0 Å². The first-order chi connectivity index (χ1) is 24.3. The predicted molar refractivity (Wildman–Crippen MR) is 207 cm³/mol. The molecule has 0 spiro atoms. The van der Waals surface area contributed by atoms with Gasteiger partial charge in [0.05, 0.1) is 11.8 Å². The first-order valence-electron chi connectivity index (χ1n) is 17.8. The normalized spacial score (nSPS) is 25.2. The van der Waals surface area contributed by atoms with Crippen LogP contribution in [-0.2, 0) is 22.7 Å². The molecule has 2 aromatic heterocycles. The van der Waals surface area contributed by atoms with Gasteiger partial charge in [-0.05, 0) is 85.8 Å². The zero-order valence-corrected chi connectivity index (χ0v) is 29.7. The molecule has 0 N–H and O–H groups in total. The van der Waals surface area contributed by atoms with Crippen LogP contribution in [0.25, 0.3) is 55.5 Å². The number of aromatic nitrogens is 2. The van der Waals surface area contributed by atoms with Crippen LogP contribution in [0.3, 0.4) is 0 Å². The number of hydrogen-bond donors (Lipinski definition) is 0. The van der Waals surface area contributed by atoms with Gasteiger partial charge in [0.25, 0.3) is 0 Å². The van der Waals surface area contributed by atoms with Gasteiger partial charge < -0.3 is 9.13 Å². The molecule has 4 atom stereocenters. The van der Waals surface area contributed by atoms with E-state index in [-0.39, 0.29) is 28.8 Å². The highest BCUT2D eigenvalue weighted by Crippen LogP contribution is 2.59. The molecule has 50 heavy (non-hydrogen) atoms. The van der Waals surface area contributed by atoms with Crippen molar-refractivity contribution in [2.75, 3.05) is 14.1 Å². The summed E-state index contributed by atoms with van der Waals surface area (Å²) in [6, 6.07) is 26.1. The van der Waals surface area contributed by atoms with Crippen LogP contribution in [0.15, 0.2) is 96.1 Å². The Bertz CT molecular complexity index is 2410. The quantitative estimate of drug-likeness (QED) is 0.190. The van der Waals surface area contributed by atoms with Crippen LogP contribution in [0.5, 0.6) is 0 Å². The largest absolute Gasteiger partial charge is 0.341 e. The fraction of sp³-hybridized carbons (Fsp3) is 0.279. The van der Waals surface area contributed by atoms with Crippen LogP contribution < -0.4 is 10.7 Å². The van der Waals surface area contributed by atoms with Crippen molar-refractivity contribution in [1.82, 2.24) is 18.9 Å². The maximum absolute atomic E-state index is 14.1. The van der Waals surface area contributed by atoms with Crippen molar-refractivity contribution in [3.05, 3.63) is 107 Å². The van der Waals surface area contributed by atoms with Gasteiger partial charge in [0.1, 0.15) is 0 Å². The summed E-state index contributed by atoms with van der Waals surface area (Å²) in [7, 11) is 3.43. The number of rotatable bonds is 4. The molecule has 6 nitrogen and oxygen atoms in total. The van der Waals surface area contributed by atoms with Gasteiger partial charge in [-0.25, -0.2) is 0 Å². The highest BCUT2D eigenvalue weighted by atomic mass is 32.1. The van der Waals surface area contributed by atoms with Crippen LogP contribution in [0, 0.1) is 23.7 Å². The number of hydrogen-bond acceptors (Lipinski definition) is 3. The van der Waals surface area contributed by atoms with E-state index in [9.17, 15) is 9.59 Å². The standard InChI is InChI=1S/C43H40N4O2S/c1-5-46-31(29-15-7-11-25-13-9-17-33(46)35(25)29)23-21-27-19-20-28(38-37(27)39-40(38)42(49)45(4)43(50)44(3)41(39)48)22-24-32-30-16-8-12-26-14-10-18-34(36(26)30)47(32)6-2/h7-18,21-24,37-40H,5-6,19-20H2,1-4H3/b27-21-,28-22-,31-23-,32-24-. The van der Waals surface area contributed by atoms with E-state index in [1.54, 1.807) is 14.1 Å². The van der Waals surface area contributed by atoms with Crippen LogP contribution >= 0.6 is 12.2 Å². The number of allylic oxidation sites excluding steroid dienone is 4. The lowest BCUT2D eigenvalue weighted by molar-refractivity contribution is -0.153.